The largest absolute Gasteiger partial charge is 0.456 e. The first-order valence-corrected chi connectivity index (χ1v) is 10.0. The van der Waals surface area contributed by atoms with Crippen LogP contribution in [0.3, 0.4) is 0 Å². The van der Waals surface area contributed by atoms with Crippen LogP contribution in [-0.4, -0.2) is 41.7 Å². The fraction of sp³-hybridized carbons (Fsp3) is 0.333. The molecule has 0 bridgehead atoms. The van der Waals surface area contributed by atoms with Gasteiger partial charge >= 0.3 is 12.0 Å². The number of ketones is 1. The molecule has 1 heterocycles. The number of rotatable bonds is 6. The molecule has 3 amide bonds. The number of hydrogen-bond acceptors (Lipinski definition) is 5. The zero-order valence-corrected chi connectivity index (χ0v) is 18.4. The second kappa shape index (κ2) is 8.34. The first-order chi connectivity index (χ1) is 14.5. The number of imide groups is 1. The number of urea groups is 1. The summed E-state index contributed by atoms with van der Waals surface area (Å²) < 4.78 is 5.08. The summed E-state index contributed by atoms with van der Waals surface area (Å²) in [6, 6.07) is 10.3. The van der Waals surface area contributed by atoms with Crippen molar-refractivity contribution in [3.05, 3.63) is 69.8 Å². The molecule has 1 atom stereocenters. The van der Waals surface area contributed by atoms with E-state index in [4.69, 9.17) is 4.74 Å². The fourth-order valence-electron chi connectivity index (χ4n) is 3.94. The van der Waals surface area contributed by atoms with Gasteiger partial charge in [0, 0.05) is 5.56 Å². The van der Waals surface area contributed by atoms with Crippen molar-refractivity contribution in [1.29, 1.82) is 0 Å². The molecule has 0 radical (unpaired) electrons. The normalized spacial score (nSPS) is 18.2. The molecule has 31 heavy (non-hydrogen) atoms. The van der Waals surface area contributed by atoms with Crippen LogP contribution >= 0.6 is 0 Å². The molecule has 1 aliphatic rings. The molecule has 7 nitrogen and oxygen atoms in total. The second-order valence-electron chi connectivity index (χ2n) is 8.17. The molecule has 0 spiro atoms. The Balaban J connectivity index is 1.65. The summed E-state index contributed by atoms with van der Waals surface area (Å²) in [7, 11) is 0. The molecule has 3 rings (SSSR count). The summed E-state index contributed by atoms with van der Waals surface area (Å²) in [6.07, 6.45) is 0. The lowest BCUT2D eigenvalue weighted by molar-refractivity contribution is -0.146. The number of amides is 3. The lowest BCUT2D eigenvalue weighted by atomic mass is 9.91. The van der Waals surface area contributed by atoms with Crippen molar-refractivity contribution in [3.63, 3.8) is 0 Å². The number of esters is 1. The summed E-state index contributed by atoms with van der Waals surface area (Å²) in [5.74, 6) is -1.70. The van der Waals surface area contributed by atoms with E-state index >= 15 is 0 Å². The summed E-state index contributed by atoms with van der Waals surface area (Å²) in [5.41, 5.74) is 3.54. The average Bonchev–Trinajstić information content (AvgIpc) is 2.90. The van der Waals surface area contributed by atoms with Crippen molar-refractivity contribution in [2.75, 3.05) is 13.2 Å². The van der Waals surface area contributed by atoms with Crippen LogP contribution in [-0.2, 0) is 19.9 Å². The van der Waals surface area contributed by atoms with Gasteiger partial charge in [-0.05, 0) is 51.3 Å². The molecule has 162 valence electrons. The summed E-state index contributed by atoms with van der Waals surface area (Å²) in [6.45, 7) is 8.09. The Labute approximate surface area is 181 Å². The first kappa shape index (κ1) is 22.2. The van der Waals surface area contributed by atoms with Crippen LogP contribution in [0.15, 0.2) is 36.4 Å². The monoisotopic (exact) mass is 422 g/mol. The molecule has 0 aromatic heterocycles. The van der Waals surface area contributed by atoms with Crippen molar-refractivity contribution < 1.29 is 23.9 Å². The summed E-state index contributed by atoms with van der Waals surface area (Å²) in [5, 5.41) is 2.64. The van der Waals surface area contributed by atoms with Gasteiger partial charge in [-0.25, -0.2) is 4.79 Å². The van der Waals surface area contributed by atoms with E-state index in [9.17, 15) is 19.2 Å². The van der Waals surface area contributed by atoms with Crippen LogP contribution in [0, 0.1) is 27.7 Å². The number of benzene rings is 2. The lowest BCUT2D eigenvalue weighted by Gasteiger charge is -2.22. The molecule has 1 saturated heterocycles. The first-order valence-electron chi connectivity index (χ1n) is 10.0. The maximum absolute atomic E-state index is 12.9. The average molecular weight is 422 g/mol. The molecule has 1 N–H and O–H groups in total. The molecule has 0 aliphatic carbocycles. The Bertz CT molecular complexity index is 1050. The maximum Gasteiger partial charge on any atom is 0.326 e. The van der Waals surface area contributed by atoms with Gasteiger partial charge in [-0.1, -0.05) is 47.5 Å². The Morgan fingerprint density at radius 3 is 2.13 bits per heavy atom. The second-order valence-corrected chi connectivity index (χ2v) is 8.17. The SMILES string of the molecule is Cc1ccc([C@]2(C)NC(=O)N(CC(=O)OCC(=O)c3c(C)cc(C)cc3C)C2=O)cc1. The topological polar surface area (TPSA) is 92.8 Å². The van der Waals surface area contributed by atoms with Crippen LogP contribution in [0.25, 0.3) is 0 Å². The zero-order chi connectivity index (χ0) is 22.9. The van der Waals surface area contributed by atoms with Crippen molar-refractivity contribution >= 4 is 23.7 Å². The Hall–Kier alpha value is -3.48. The van der Waals surface area contributed by atoms with E-state index in [1.807, 2.05) is 52.0 Å². The van der Waals surface area contributed by atoms with Gasteiger partial charge in [0.15, 0.2) is 6.61 Å². The smallest absolute Gasteiger partial charge is 0.326 e. The zero-order valence-electron chi connectivity index (χ0n) is 18.4. The Morgan fingerprint density at radius 2 is 1.55 bits per heavy atom. The van der Waals surface area contributed by atoms with Gasteiger partial charge in [-0.15, -0.1) is 0 Å². The van der Waals surface area contributed by atoms with Gasteiger partial charge in [0.05, 0.1) is 0 Å². The molecule has 2 aromatic rings. The van der Waals surface area contributed by atoms with Crippen LogP contribution in [0.2, 0.25) is 0 Å². The van der Waals surface area contributed by atoms with Gasteiger partial charge in [0.2, 0.25) is 5.78 Å². The van der Waals surface area contributed by atoms with Crippen LogP contribution in [0.1, 0.15) is 45.1 Å². The number of aryl methyl sites for hydroxylation is 4. The van der Waals surface area contributed by atoms with Gasteiger partial charge in [-0.2, -0.15) is 0 Å². The van der Waals surface area contributed by atoms with Crippen molar-refractivity contribution in [1.82, 2.24) is 10.2 Å². The number of nitrogens with zero attached hydrogens (tertiary/aromatic N) is 1. The Morgan fingerprint density at radius 1 is 0.968 bits per heavy atom. The van der Waals surface area contributed by atoms with Crippen molar-refractivity contribution in [3.8, 4) is 0 Å². The molecular formula is C24H26N2O5. The molecule has 0 saturated carbocycles. The number of carbonyl (C=O) groups excluding carboxylic acids is 4. The molecule has 1 aliphatic heterocycles. The predicted octanol–water partition coefficient (Wildman–Crippen LogP) is 3.11. The van der Waals surface area contributed by atoms with Crippen molar-refractivity contribution in [2.45, 2.75) is 40.2 Å². The van der Waals surface area contributed by atoms with E-state index < -0.39 is 36.6 Å². The van der Waals surface area contributed by atoms with E-state index in [-0.39, 0.29) is 5.78 Å². The molecule has 0 unspecified atom stereocenters. The third-order valence-corrected chi connectivity index (χ3v) is 5.51. The number of Topliss-reactive ketones (excluding diaryl/α,β-unsaturated/α-hetero) is 1. The van der Waals surface area contributed by atoms with E-state index in [1.165, 1.54) is 0 Å². The van der Waals surface area contributed by atoms with E-state index in [0.717, 1.165) is 27.2 Å². The molecule has 7 heteroatoms. The predicted molar refractivity (Wildman–Crippen MR) is 115 cm³/mol. The molecule has 1 fully saturated rings. The number of hydrogen-bond donors (Lipinski definition) is 1. The number of ether oxygens (including phenoxy) is 1. The van der Waals surface area contributed by atoms with Gasteiger partial charge < -0.3 is 10.1 Å². The standard InChI is InChI=1S/C24H26N2O5/c1-14-6-8-18(9-7-14)24(5)22(29)26(23(30)25-24)12-20(28)31-13-19(27)21-16(3)10-15(2)11-17(21)4/h6-11H,12-13H2,1-5H3,(H,25,30)/t24-/m0/s1. The van der Waals surface area contributed by atoms with Crippen LogP contribution in [0.5, 0.6) is 0 Å². The number of nitrogens with one attached hydrogen (secondary N) is 1. The molecular weight excluding hydrogens is 396 g/mol. The highest BCUT2D eigenvalue weighted by molar-refractivity contribution is 6.09. The highest BCUT2D eigenvalue weighted by Gasteiger charge is 2.49. The summed E-state index contributed by atoms with van der Waals surface area (Å²) >= 11 is 0. The molecule has 2 aromatic carbocycles. The maximum atomic E-state index is 12.9. The highest BCUT2D eigenvalue weighted by atomic mass is 16.5. The van der Waals surface area contributed by atoms with Crippen LogP contribution < -0.4 is 5.32 Å². The van der Waals surface area contributed by atoms with Gasteiger partial charge in [0.25, 0.3) is 5.91 Å². The third kappa shape index (κ3) is 4.35. The minimum Gasteiger partial charge on any atom is -0.456 e. The van der Waals surface area contributed by atoms with E-state index in [0.29, 0.717) is 11.1 Å². The van der Waals surface area contributed by atoms with Crippen LogP contribution in [0.4, 0.5) is 4.79 Å². The fourth-order valence-corrected chi connectivity index (χ4v) is 3.94. The van der Waals surface area contributed by atoms with Gasteiger partial charge in [0.1, 0.15) is 12.1 Å². The summed E-state index contributed by atoms with van der Waals surface area (Å²) in [4.78, 5) is 50.9. The Kier molecular flexibility index (Phi) is 5.97. The quantitative estimate of drug-likeness (QED) is 0.439. The van der Waals surface area contributed by atoms with Crippen molar-refractivity contribution in [2.24, 2.45) is 0 Å². The van der Waals surface area contributed by atoms with E-state index in [2.05, 4.69) is 5.32 Å². The van der Waals surface area contributed by atoms with Gasteiger partial charge in [-0.3, -0.25) is 19.3 Å². The minimum atomic E-state index is -1.27. The van der Waals surface area contributed by atoms with E-state index in [1.54, 1.807) is 19.1 Å². The third-order valence-electron chi connectivity index (χ3n) is 5.51. The lowest BCUT2D eigenvalue weighted by Crippen LogP contribution is -2.41. The highest BCUT2D eigenvalue weighted by Crippen LogP contribution is 2.29. The minimum absolute atomic E-state index is 0.329. The number of carbonyl (C=O) groups is 4.